The molecule has 0 bridgehead atoms. The standard InChI is InChI=1S/C19H21ClN4O2S/c1-3-8-24(11-17(25)21-14-7-6-13(2)15(20)10-14)12-18-22-23-19(26-18)16-5-4-9-27-16/h4-7,9-10H,3,8,11-12H2,1-2H3,(H,21,25)/p+1. The quantitative estimate of drug-likeness (QED) is 0.603. The zero-order valence-electron chi connectivity index (χ0n) is 15.3. The van der Waals surface area contributed by atoms with Crippen molar-refractivity contribution >= 4 is 34.5 Å². The molecule has 2 heterocycles. The molecule has 1 atom stereocenters. The van der Waals surface area contributed by atoms with Gasteiger partial charge in [0.1, 0.15) is 0 Å². The molecule has 0 spiro atoms. The highest BCUT2D eigenvalue weighted by molar-refractivity contribution is 7.13. The molecule has 3 aromatic rings. The van der Waals surface area contributed by atoms with E-state index in [1.165, 1.54) is 0 Å². The van der Waals surface area contributed by atoms with Crippen LogP contribution in [-0.4, -0.2) is 29.2 Å². The molecule has 1 unspecified atom stereocenters. The second kappa shape index (κ2) is 9.12. The minimum atomic E-state index is -0.0728. The summed E-state index contributed by atoms with van der Waals surface area (Å²) >= 11 is 7.68. The zero-order valence-corrected chi connectivity index (χ0v) is 16.9. The topological polar surface area (TPSA) is 72.5 Å². The number of quaternary nitrogens is 1. The number of aromatic nitrogens is 2. The van der Waals surface area contributed by atoms with E-state index < -0.39 is 0 Å². The van der Waals surface area contributed by atoms with E-state index in [9.17, 15) is 4.79 Å². The number of aryl methyl sites for hydroxylation is 1. The molecule has 0 saturated heterocycles. The Balaban J connectivity index is 1.61. The fourth-order valence-electron chi connectivity index (χ4n) is 2.73. The van der Waals surface area contributed by atoms with Crippen LogP contribution in [0.3, 0.4) is 0 Å². The Labute approximate surface area is 167 Å². The van der Waals surface area contributed by atoms with Gasteiger partial charge in [-0.05, 0) is 42.5 Å². The summed E-state index contributed by atoms with van der Waals surface area (Å²) in [4.78, 5) is 14.4. The first kappa shape index (κ1) is 19.5. The lowest BCUT2D eigenvalue weighted by Crippen LogP contribution is -3.11. The molecule has 0 radical (unpaired) electrons. The van der Waals surface area contributed by atoms with E-state index in [4.69, 9.17) is 16.0 Å². The molecule has 3 rings (SSSR count). The summed E-state index contributed by atoms with van der Waals surface area (Å²) in [6.45, 7) is 5.67. The van der Waals surface area contributed by atoms with Crippen LogP contribution in [-0.2, 0) is 11.3 Å². The van der Waals surface area contributed by atoms with Gasteiger partial charge < -0.3 is 14.6 Å². The van der Waals surface area contributed by atoms with E-state index in [0.29, 0.717) is 35.6 Å². The third kappa shape index (κ3) is 5.38. The van der Waals surface area contributed by atoms with E-state index in [-0.39, 0.29) is 5.91 Å². The van der Waals surface area contributed by atoms with E-state index in [2.05, 4.69) is 22.4 Å². The Morgan fingerprint density at radius 2 is 2.19 bits per heavy atom. The molecule has 142 valence electrons. The predicted octanol–water partition coefficient (Wildman–Crippen LogP) is 3.19. The Kier molecular flexibility index (Phi) is 6.60. The van der Waals surface area contributed by atoms with Crippen molar-refractivity contribution < 1.29 is 14.1 Å². The van der Waals surface area contributed by atoms with Gasteiger partial charge in [0, 0.05) is 10.7 Å². The first-order valence-corrected chi connectivity index (χ1v) is 10.1. The van der Waals surface area contributed by atoms with Crippen LogP contribution in [0.5, 0.6) is 0 Å². The summed E-state index contributed by atoms with van der Waals surface area (Å²) in [5, 5.41) is 13.7. The van der Waals surface area contributed by atoms with Crippen molar-refractivity contribution in [2.75, 3.05) is 18.4 Å². The van der Waals surface area contributed by atoms with Gasteiger partial charge in [-0.15, -0.1) is 21.5 Å². The number of hydrogen-bond acceptors (Lipinski definition) is 5. The maximum Gasteiger partial charge on any atom is 0.279 e. The molecule has 8 heteroatoms. The van der Waals surface area contributed by atoms with Gasteiger partial charge in [0.05, 0.1) is 11.4 Å². The van der Waals surface area contributed by atoms with Gasteiger partial charge in [0.15, 0.2) is 13.1 Å². The van der Waals surface area contributed by atoms with E-state index in [1.807, 2.05) is 36.6 Å². The van der Waals surface area contributed by atoms with Crippen LogP contribution in [0.4, 0.5) is 5.69 Å². The Bertz CT molecular complexity index is 895. The molecule has 2 aromatic heterocycles. The normalized spacial score (nSPS) is 12.1. The van der Waals surface area contributed by atoms with Crippen LogP contribution >= 0.6 is 22.9 Å². The molecule has 0 aliphatic heterocycles. The minimum Gasteiger partial charge on any atom is -0.414 e. The van der Waals surface area contributed by atoms with Gasteiger partial charge in [0.25, 0.3) is 17.7 Å². The van der Waals surface area contributed by atoms with Crippen LogP contribution in [0.2, 0.25) is 5.02 Å². The number of thiophene rings is 1. The number of amides is 1. The second-order valence-corrected chi connectivity index (χ2v) is 7.70. The lowest BCUT2D eigenvalue weighted by molar-refractivity contribution is -0.907. The van der Waals surface area contributed by atoms with Gasteiger partial charge >= 0.3 is 0 Å². The fraction of sp³-hybridized carbons (Fsp3) is 0.316. The van der Waals surface area contributed by atoms with E-state index in [0.717, 1.165) is 28.3 Å². The van der Waals surface area contributed by atoms with Gasteiger partial charge in [0.2, 0.25) is 0 Å². The van der Waals surface area contributed by atoms with Crippen molar-refractivity contribution in [3.8, 4) is 10.8 Å². The van der Waals surface area contributed by atoms with Crippen molar-refractivity contribution in [3.05, 3.63) is 52.2 Å². The third-order valence-electron chi connectivity index (χ3n) is 4.07. The SMILES string of the molecule is CCC[NH+](CC(=O)Nc1ccc(C)c(Cl)c1)Cc1nnc(-c2cccs2)o1. The van der Waals surface area contributed by atoms with Crippen LogP contribution in [0, 0.1) is 6.92 Å². The monoisotopic (exact) mass is 405 g/mol. The Hall–Kier alpha value is -2.22. The summed E-state index contributed by atoms with van der Waals surface area (Å²) in [7, 11) is 0. The smallest absolute Gasteiger partial charge is 0.279 e. The maximum atomic E-state index is 12.4. The second-order valence-electron chi connectivity index (χ2n) is 6.34. The highest BCUT2D eigenvalue weighted by Crippen LogP contribution is 2.22. The summed E-state index contributed by atoms with van der Waals surface area (Å²) < 4.78 is 5.75. The number of benzene rings is 1. The number of nitrogens with one attached hydrogen (secondary N) is 2. The van der Waals surface area contributed by atoms with Crippen LogP contribution in [0.25, 0.3) is 10.8 Å². The summed E-state index contributed by atoms with van der Waals surface area (Å²) in [6.07, 6.45) is 0.949. The first-order valence-electron chi connectivity index (χ1n) is 8.81. The maximum absolute atomic E-state index is 12.4. The number of nitrogens with zero attached hydrogens (tertiary/aromatic N) is 2. The molecule has 1 aromatic carbocycles. The molecule has 27 heavy (non-hydrogen) atoms. The predicted molar refractivity (Wildman–Crippen MR) is 107 cm³/mol. The molecule has 1 amide bonds. The Morgan fingerprint density at radius 3 is 2.89 bits per heavy atom. The average molecular weight is 406 g/mol. The summed E-state index contributed by atoms with van der Waals surface area (Å²) in [5.41, 5.74) is 1.68. The van der Waals surface area contributed by atoms with Gasteiger partial charge in [-0.2, -0.15) is 0 Å². The van der Waals surface area contributed by atoms with Gasteiger partial charge in [-0.1, -0.05) is 30.7 Å². The number of carbonyl (C=O) groups is 1. The lowest BCUT2D eigenvalue weighted by atomic mass is 10.2. The molecule has 0 aliphatic rings. The fourth-order valence-corrected chi connectivity index (χ4v) is 3.56. The van der Waals surface area contributed by atoms with Gasteiger partial charge in [-0.25, -0.2) is 0 Å². The molecule has 6 nitrogen and oxygen atoms in total. The molecule has 0 fully saturated rings. The minimum absolute atomic E-state index is 0.0728. The number of hydrogen-bond donors (Lipinski definition) is 2. The zero-order chi connectivity index (χ0) is 19.2. The number of anilines is 1. The van der Waals surface area contributed by atoms with E-state index >= 15 is 0 Å². The number of halogens is 1. The third-order valence-corrected chi connectivity index (χ3v) is 5.33. The van der Waals surface area contributed by atoms with Crippen molar-refractivity contribution in [2.24, 2.45) is 0 Å². The summed E-state index contributed by atoms with van der Waals surface area (Å²) in [5.74, 6) is 0.985. The molecule has 0 aliphatic carbocycles. The van der Waals surface area contributed by atoms with Crippen molar-refractivity contribution in [3.63, 3.8) is 0 Å². The lowest BCUT2D eigenvalue weighted by Gasteiger charge is -2.16. The van der Waals surface area contributed by atoms with Crippen LogP contribution in [0.15, 0.2) is 40.1 Å². The van der Waals surface area contributed by atoms with Gasteiger partial charge in [-0.3, -0.25) is 4.79 Å². The van der Waals surface area contributed by atoms with Crippen LogP contribution in [0.1, 0.15) is 24.8 Å². The Morgan fingerprint density at radius 1 is 1.33 bits per heavy atom. The molecular formula is C19H22ClN4O2S+. The molecular weight excluding hydrogens is 384 g/mol. The number of rotatable bonds is 8. The average Bonchev–Trinajstić information content (AvgIpc) is 3.29. The van der Waals surface area contributed by atoms with Crippen LogP contribution < -0.4 is 10.2 Å². The van der Waals surface area contributed by atoms with Crippen molar-refractivity contribution in [1.82, 2.24) is 10.2 Å². The van der Waals surface area contributed by atoms with E-state index in [1.54, 1.807) is 17.4 Å². The van der Waals surface area contributed by atoms with Crippen molar-refractivity contribution in [2.45, 2.75) is 26.8 Å². The largest absolute Gasteiger partial charge is 0.414 e. The number of carbonyl (C=O) groups excluding carboxylic acids is 1. The highest BCUT2D eigenvalue weighted by Gasteiger charge is 2.19. The molecule has 0 saturated carbocycles. The molecule has 2 N–H and O–H groups in total. The summed E-state index contributed by atoms with van der Waals surface area (Å²) in [6, 6.07) is 9.39. The van der Waals surface area contributed by atoms with Crippen molar-refractivity contribution in [1.29, 1.82) is 0 Å². The first-order chi connectivity index (χ1) is 13.0. The highest BCUT2D eigenvalue weighted by atomic mass is 35.5.